The van der Waals surface area contributed by atoms with E-state index >= 15 is 0 Å². The highest BCUT2D eigenvalue weighted by Gasteiger charge is 2.23. The van der Waals surface area contributed by atoms with E-state index in [0.717, 1.165) is 11.8 Å². The first-order chi connectivity index (χ1) is 11.4. The molecule has 0 bridgehead atoms. The maximum Gasteiger partial charge on any atom is 0.337 e. The number of carboxylic acid groups (broad SMARTS) is 2. The van der Waals surface area contributed by atoms with Crippen LogP contribution in [0.3, 0.4) is 0 Å². The number of benzene rings is 2. The summed E-state index contributed by atoms with van der Waals surface area (Å²) in [6.45, 7) is 0. The minimum Gasteiger partial charge on any atom is -0.481 e. The third-order valence-corrected chi connectivity index (χ3v) is 4.47. The summed E-state index contributed by atoms with van der Waals surface area (Å²) in [5.41, 5.74) is 0.231. The van der Waals surface area contributed by atoms with Crippen LogP contribution in [0.25, 0.3) is 0 Å². The molecule has 0 radical (unpaired) electrons. The molecule has 0 heterocycles. The lowest BCUT2D eigenvalue weighted by Gasteiger charge is -2.10. The summed E-state index contributed by atoms with van der Waals surface area (Å²) in [7, 11) is 0. The number of nitrogens with zero attached hydrogens (tertiary/aromatic N) is 1. The molecule has 2 N–H and O–H groups in total. The number of nitro groups is 1. The minimum absolute atomic E-state index is 0.0257. The molecule has 0 aromatic heterocycles. The van der Waals surface area contributed by atoms with Crippen molar-refractivity contribution < 1.29 is 24.7 Å². The third kappa shape index (κ3) is 4.11. The number of hydrogen-bond donors (Lipinski definition) is 2. The Labute approximate surface area is 141 Å². The number of nitro benzene ring substituents is 1. The van der Waals surface area contributed by atoms with E-state index in [9.17, 15) is 24.8 Å². The van der Waals surface area contributed by atoms with E-state index in [0.29, 0.717) is 10.5 Å². The first kappa shape index (κ1) is 17.5. The molecule has 124 valence electrons. The summed E-state index contributed by atoms with van der Waals surface area (Å²) in [5.74, 6) is -2.21. The second-order valence-electron chi connectivity index (χ2n) is 4.82. The van der Waals surface area contributed by atoms with Gasteiger partial charge in [-0.1, -0.05) is 36.0 Å². The number of carboxylic acids is 2. The Morgan fingerprint density at radius 2 is 1.79 bits per heavy atom. The minimum atomic E-state index is -1.26. The number of aromatic carboxylic acids is 1. The molecular weight excluding hydrogens is 334 g/mol. The van der Waals surface area contributed by atoms with Crippen molar-refractivity contribution in [3.05, 3.63) is 63.7 Å². The van der Waals surface area contributed by atoms with Crippen LogP contribution in [0.2, 0.25) is 0 Å². The van der Waals surface area contributed by atoms with Crippen molar-refractivity contribution >= 4 is 29.4 Å². The Morgan fingerprint density at radius 1 is 1.08 bits per heavy atom. The van der Waals surface area contributed by atoms with E-state index in [2.05, 4.69) is 0 Å². The predicted octanol–water partition coefficient (Wildman–Crippen LogP) is 3.46. The van der Waals surface area contributed by atoms with E-state index in [1.807, 2.05) is 0 Å². The van der Waals surface area contributed by atoms with Gasteiger partial charge in [-0.05, 0) is 24.1 Å². The SMILES string of the molecule is O=C(O)CCc1ccccc1Sc1c(C(=O)O)cccc1[N+](=O)[O-]. The molecule has 2 rings (SSSR count). The molecular formula is C16H13NO6S. The quantitative estimate of drug-likeness (QED) is 0.581. The van der Waals surface area contributed by atoms with Gasteiger partial charge in [-0.3, -0.25) is 14.9 Å². The highest BCUT2D eigenvalue weighted by Crippen LogP contribution is 2.39. The maximum absolute atomic E-state index is 11.4. The number of hydrogen-bond acceptors (Lipinski definition) is 5. The van der Waals surface area contributed by atoms with Gasteiger partial charge in [0.05, 0.1) is 10.5 Å². The molecule has 0 amide bonds. The van der Waals surface area contributed by atoms with E-state index < -0.39 is 16.9 Å². The van der Waals surface area contributed by atoms with Crippen LogP contribution < -0.4 is 0 Å². The molecule has 0 aliphatic rings. The third-order valence-electron chi connectivity index (χ3n) is 3.21. The van der Waals surface area contributed by atoms with Crippen LogP contribution in [0.4, 0.5) is 5.69 Å². The van der Waals surface area contributed by atoms with Gasteiger partial charge in [0, 0.05) is 17.4 Å². The average Bonchev–Trinajstić information content (AvgIpc) is 2.53. The molecule has 2 aromatic carbocycles. The molecule has 0 fully saturated rings. The fourth-order valence-corrected chi connectivity index (χ4v) is 3.29. The molecule has 24 heavy (non-hydrogen) atoms. The van der Waals surface area contributed by atoms with Crippen LogP contribution >= 0.6 is 11.8 Å². The standard InChI is InChI=1S/C16H13NO6S/c18-14(19)9-8-10-4-1-2-7-13(10)24-15-11(16(20)21)5-3-6-12(15)17(22)23/h1-7H,8-9H2,(H,18,19)(H,20,21). The highest BCUT2D eigenvalue weighted by atomic mass is 32.2. The molecule has 0 unspecified atom stereocenters. The van der Waals surface area contributed by atoms with Gasteiger partial charge >= 0.3 is 11.9 Å². The van der Waals surface area contributed by atoms with Crippen molar-refractivity contribution in [1.82, 2.24) is 0 Å². The summed E-state index contributed by atoms with van der Waals surface area (Å²) in [6.07, 6.45) is 0.168. The summed E-state index contributed by atoms with van der Waals surface area (Å²) < 4.78 is 0. The van der Waals surface area contributed by atoms with Gasteiger partial charge in [-0.15, -0.1) is 0 Å². The van der Waals surface area contributed by atoms with E-state index in [-0.39, 0.29) is 29.0 Å². The Morgan fingerprint density at radius 3 is 2.42 bits per heavy atom. The normalized spacial score (nSPS) is 10.3. The van der Waals surface area contributed by atoms with Crippen molar-refractivity contribution in [2.24, 2.45) is 0 Å². The summed E-state index contributed by atoms with van der Waals surface area (Å²) in [4.78, 5) is 33.3. The van der Waals surface area contributed by atoms with Crippen LogP contribution in [0, 0.1) is 10.1 Å². The Bertz CT molecular complexity index is 773. The number of carbonyl (C=O) groups is 2. The lowest BCUT2D eigenvalue weighted by atomic mass is 10.1. The molecule has 0 saturated heterocycles. The summed E-state index contributed by atoms with van der Waals surface area (Å²) in [5, 5.41) is 29.3. The zero-order valence-electron chi connectivity index (χ0n) is 12.3. The molecule has 0 atom stereocenters. The average molecular weight is 347 g/mol. The fraction of sp³-hybridized carbons (Fsp3) is 0.125. The van der Waals surface area contributed by atoms with Crippen LogP contribution in [0.5, 0.6) is 0 Å². The van der Waals surface area contributed by atoms with Gasteiger partial charge in [0.25, 0.3) is 5.69 Å². The van der Waals surface area contributed by atoms with E-state index in [1.165, 1.54) is 18.2 Å². The van der Waals surface area contributed by atoms with Crippen molar-refractivity contribution in [3.63, 3.8) is 0 Å². The van der Waals surface area contributed by atoms with E-state index in [1.54, 1.807) is 24.3 Å². The monoisotopic (exact) mass is 347 g/mol. The number of aliphatic carboxylic acids is 1. The smallest absolute Gasteiger partial charge is 0.337 e. The van der Waals surface area contributed by atoms with E-state index in [4.69, 9.17) is 5.11 Å². The fourth-order valence-electron chi connectivity index (χ4n) is 2.11. The van der Waals surface area contributed by atoms with Crippen molar-refractivity contribution in [1.29, 1.82) is 0 Å². The first-order valence-corrected chi connectivity index (χ1v) is 7.70. The molecule has 0 aliphatic heterocycles. The molecule has 7 nitrogen and oxygen atoms in total. The predicted molar refractivity (Wildman–Crippen MR) is 86.6 cm³/mol. The summed E-state index contributed by atoms with van der Waals surface area (Å²) in [6, 6.07) is 10.7. The van der Waals surface area contributed by atoms with Gasteiger partial charge in [-0.2, -0.15) is 0 Å². The zero-order valence-corrected chi connectivity index (χ0v) is 13.2. The molecule has 8 heteroatoms. The highest BCUT2D eigenvalue weighted by molar-refractivity contribution is 7.99. The molecule has 0 saturated carbocycles. The number of rotatable bonds is 7. The molecule has 0 aliphatic carbocycles. The van der Waals surface area contributed by atoms with Crippen LogP contribution in [0.15, 0.2) is 52.3 Å². The summed E-state index contributed by atoms with van der Waals surface area (Å²) >= 11 is 0.960. The second kappa shape index (κ2) is 7.60. The lowest BCUT2D eigenvalue weighted by molar-refractivity contribution is -0.387. The van der Waals surface area contributed by atoms with Gasteiger partial charge in [0.1, 0.15) is 4.90 Å². The van der Waals surface area contributed by atoms with Crippen LogP contribution in [-0.2, 0) is 11.2 Å². The topological polar surface area (TPSA) is 118 Å². The van der Waals surface area contributed by atoms with Crippen LogP contribution in [0.1, 0.15) is 22.3 Å². The lowest BCUT2D eigenvalue weighted by Crippen LogP contribution is -2.03. The van der Waals surface area contributed by atoms with Crippen LogP contribution in [-0.4, -0.2) is 27.1 Å². The van der Waals surface area contributed by atoms with Gasteiger partial charge in [0.15, 0.2) is 0 Å². The molecule has 2 aromatic rings. The Kier molecular flexibility index (Phi) is 5.54. The maximum atomic E-state index is 11.4. The Hall–Kier alpha value is -2.87. The van der Waals surface area contributed by atoms with Crippen molar-refractivity contribution in [2.45, 2.75) is 22.6 Å². The van der Waals surface area contributed by atoms with Gasteiger partial charge in [0.2, 0.25) is 0 Å². The Balaban J connectivity index is 2.46. The molecule has 0 spiro atoms. The van der Waals surface area contributed by atoms with Gasteiger partial charge < -0.3 is 10.2 Å². The first-order valence-electron chi connectivity index (χ1n) is 6.88. The number of aryl methyl sites for hydroxylation is 1. The van der Waals surface area contributed by atoms with Gasteiger partial charge in [-0.25, -0.2) is 4.79 Å². The zero-order chi connectivity index (χ0) is 17.7. The largest absolute Gasteiger partial charge is 0.481 e. The second-order valence-corrected chi connectivity index (χ2v) is 5.87. The van der Waals surface area contributed by atoms with Crippen molar-refractivity contribution in [3.8, 4) is 0 Å². The van der Waals surface area contributed by atoms with Crippen molar-refractivity contribution in [2.75, 3.05) is 0 Å².